The second-order valence-electron chi connectivity index (χ2n) is 7.64. The van der Waals surface area contributed by atoms with Crippen LogP contribution in [0.4, 0.5) is 13.2 Å². The van der Waals surface area contributed by atoms with Crippen LogP contribution in [-0.4, -0.2) is 25.6 Å². The molecule has 31 heavy (non-hydrogen) atoms. The number of nitrogens with zero attached hydrogens (tertiary/aromatic N) is 3. The number of halogens is 3. The van der Waals surface area contributed by atoms with E-state index in [4.69, 9.17) is 0 Å². The largest absolute Gasteiger partial charge is 0.381 e. The average Bonchev–Trinajstić information content (AvgIpc) is 3.22. The number of carbonyl (C=O) groups excluding carboxylic acids is 1. The molecule has 162 valence electrons. The first-order valence-electron chi connectivity index (χ1n) is 9.91. The Hall–Kier alpha value is -3.20. The zero-order valence-electron chi connectivity index (χ0n) is 16.7. The second-order valence-corrected chi connectivity index (χ2v) is 7.64. The van der Waals surface area contributed by atoms with Gasteiger partial charge < -0.3 is 10.4 Å². The third-order valence-electron chi connectivity index (χ3n) is 5.53. The van der Waals surface area contributed by atoms with Crippen LogP contribution < -0.4 is 5.32 Å². The molecule has 2 heterocycles. The van der Waals surface area contributed by atoms with Crippen LogP contribution >= 0.6 is 0 Å². The van der Waals surface area contributed by atoms with Gasteiger partial charge in [-0.15, -0.1) is 0 Å². The van der Waals surface area contributed by atoms with E-state index in [1.165, 1.54) is 42.2 Å². The number of rotatable bonds is 5. The molecule has 2 N–H and O–H groups in total. The fourth-order valence-electron chi connectivity index (χ4n) is 3.87. The van der Waals surface area contributed by atoms with Crippen molar-refractivity contribution in [2.45, 2.75) is 44.3 Å². The number of carbonyl (C=O) groups is 1. The molecule has 0 saturated heterocycles. The first-order valence-corrected chi connectivity index (χ1v) is 9.91. The summed E-state index contributed by atoms with van der Waals surface area (Å²) in [4.78, 5) is 17.1. The number of pyridine rings is 1. The van der Waals surface area contributed by atoms with Gasteiger partial charge in [-0.05, 0) is 32.3 Å². The molecule has 0 bridgehead atoms. The quantitative estimate of drug-likeness (QED) is 0.594. The van der Waals surface area contributed by atoms with Crippen LogP contribution in [0.15, 0.2) is 48.9 Å². The number of fused-ring (bicyclic) bond motifs is 1. The van der Waals surface area contributed by atoms with Crippen LogP contribution in [0.25, 0.3) is 5.65 Å². The van der Waals surface area contributed by atoms with Crippen LogP contribution in [0.3, 0.4) is 0 Å². The van der Waals surface area contributed by atoms with Gasteiger partial charge in [-0.3, -0.25) is 4.79 Å². The highest BCUT2D eigenvalue weighted by atomic mass is 19.3. The smallest absolute Gasteiger partial charge is 0.266 e. The molecule has 2 aromatic heterocycles. The van der Waals surface area contributed by atoms with Crippen molar-refractivity contribution < 1.29 is 23.1 Å². The zero-order chi connectivity index (χ0) is 22.2. The van der Waals surface area contributed by atoms with Crippen LogP contribution in [0.1, 0.15) is 65.7 Å². The minimum Gasteiger partial charge on any atom is -0.381 e. The maximum absolute atomic E-state index is 14.5. The molecule has 4 rings (SSSR count). The van der Waals surface area contributed by atoms with E-state index in [-0.39, 0.29) is 11.1 Å². The van der Waals surface area contributed by atoms with E-state index >= 15 is 0 Å². The molecular weight excluding hydrogens is 409 g/mol. The Morgan fingerprint density at radius 2 is 2.10 bits per heavy atom. The molecule has 1 aliphatic carbocycles. The summed E-state index contributed by atoms with van der Waals surface area (Å²) in [6.45, 7) is 1.51. The number of benzene rings is 1. The molecule has 0 aliphatic heterocycles. The third kappa shape index (κ3) is 3.93. The zero-order valence-corrected chi connectivity index (χ0v) is 16.7. The van der Waals surface area contributed by atoms with Gasteiger partial charge in [0.05, 0.1) is 17.2 Å². The lowest BCUT2D eigenvalue weighted by atomic mass is 9.84. The van der Waals surface area contributed by atoms with E-state index in [0.29, 0.717) is 17.6 Å². The Bertz CT molecular complexity index is 1160. The number of hydrogen-bond acceptors (Lipinski definition) is 4. The summed E-state index contributed by atoms with van der Waals surface area (Å²) in [5.41, 5.74) is -0.996. The van der Waals surface area contributed by atoms with Gasteiger partial charge in [0.15, 0.2) is 5.65 Å². The van der Waals surface area contributed by atoms with Crippen molar-refractivity contribution in [3.8, 4) is 0 Å². The number of nitrogens with one attached hydrogen (secondary N) is 1. The summed E-state index contributed by atoms with van der Waals surface area (Å²) in [6, 6.07) is 4.37. The maximum atomic E-state index is 14.5. The van der Waals surface area contributed by atoms with Crippen molar-refractivity contribution in [2.24, 2.45) is 0 Å². The predicted octanol–water partition coefficient (Wildman–Crippen LogP) is 4.22. The number of aromatic nitrogens is 3. The molecule has 6 nitrogen and oxygen atoms in total. The van der Waals surface area contributed by atoms with E-state index in [9.17, 15) is 23.1 Å². The van der Waals surface area contributed by atoms with Gasteiger partial charge in [0.1, 0.15) is 17.7 Å². The summed E-state index contributed by atoms with van der Waals surface area (Å²) in [5.74, 6) is -1.60. The summed E-state index contributed by atoms with van der Waals surface area (Å²) < 4.78 is 41.9. The first-order chi connectivity index (χ1) is 14.8. The Kier molecular flexibility index (Phi) is 5.53. The Labute approximate surface area is 176 Å². The monoisotopic (exact) mass is 430 g/mol. The van der Waals surface area contributed by atoms with Gasteiger partial charge in [0.2, 0.25) is 0 Å². The molecule has 0 fully saturated rings. The molecule has 0 saturated carbocycles. The number of hydrogen-bond donors (Lipinski definition) is 2. The molecule has 1 unspecified atom stereocenters. The van der Waals surface area contributed by atoms with Gasteiger partial charge in [0.25, 0.3) is 12.3 Å². The van der Waals surface area contributed by atoms with Gasteiger partial charge in [-0.2, -0.15) is 5.10 Å². The fraction of sp³-hybridized carbons (Fsp3) is 0.318. The van der Waals surface area contributed by atoms with E-state index in [2.05, 4.69) is 15.4 Å². The summed E-state index contributed by atoms with van der Waals surface area (Å²) in [7, 11) is 0. The highest BCUT2D eigenvalue weighted by Gasteiger charge is 2.32. The van der Waals surface area contributed by atoms with Crippen LogP contribution in [-0.2, 0) is 5.60 Å². The number of aliphatic hydroxyl groups is 1. The number of amides is 1. The Morgan fingerprint density at radius 3 is 2.81 bits per heavy atom. The summed E-state index contributed by atoms with van der Waals surface area (Å²) in [6.07, 6.45) is 5.50. The minimum atomic E-state index is -2.95. The molecule has 1 amide bonds. The van der Waals surface area contributed by atoms with Crippen LogP contribution in [0, 0.1) is 5.82 Å². The lowest BCUT2D eigenvalue weighted by molar-refractivity contribution is 0.0734. The maximum Gasteiger partial charge on any atom is 0.266 e. The fourth-order valence-corrected chi connectivity index (χ4v) is 3.87. The number of alkyl halides is 2. The molecular formula is C22H21F3N4O2. The van der Waals surface area contributed by atoms with Crippen molar-refractivity contribution in [2.75, 3.05) is 0 Å². The molecule has 0 radical (unpaired) electrons. The Morgan fingerprint density at radius 1 is 1.32 bits per heavy atom. The van der Waals surface area contributed by atoms with Crippen molar-refractivity contribution in [1.29, 1.82) is 0 Å². The lowest BCUT2D eigenvalue weighted by Crippen LogP contribution is -2.30. The SMILES string of the molecule is C[C@@H](NC(=O)c1cc(C2(O)C=CCCC2)c2ncnn2c1)c1cccc(C(F)F)c1F. The summed E-state index contributed by atoms with van der Waals surface area (Å²) in [5, 5.41) is 17.8. The minimum absolute atomic E-state index is 0.0398. The number of allylic oxidation sites excluding steroid dienone is 1. The second kappa shape index (κ2) is 8.14. The van der Waals surface area contributed by atoms with Crippen LogP contribution in [0.5, 0.6) is 0 Å². The van der Waals surface area contributed by atoms with Gasteiger partial charge in [0, 0.05) is 17.3 Å². The van der Waals surface area contributed by atoms with E-state index in [1.54, 1.807) is 6.08 Å². The van der Waals surface area contributed by atoms with Gasteiger partial charge in [-0.1, -0.05) is 30.4 Å². The standard InChI is InChI=1S/C22H21F3N4O2/c1-13(15-6-5-7-16(18(15)23)19(24)25)28-21(30)14-10-17(20-26-12-27-29(20)11-14)22(31)8-3-2-4-9-22/h3,5-8,10-13,19,31H,2,4,9H2,1H3,(H,28,30)/t13-,22?/m1/s1. The topological polar surface area (TPSA) is 79.5 Å². The average molecular weight is 430 g/mol. The highest BCUT2D eigenvalue weighted by molar-refractivity contribution is 5.95. The van der Waals surface area contributed by atoms with E-state index < -0.39 is 35.4 Å². The predicted molar refractivity (Wildman–Crippen MR) is 107 cm³/mol. The molecule has 1 aliphatic rings. The molecule has 2 atom stereocenters. The lowest BCUT2D eigenvalue weighted by Gasteiger charge is -2.28. The van der Waals surface area contributed by atoms with Gasteiger partial charge in [-0.25, -0.2) is 22.7 Å². The summed E-state index contributed by atoms with van der Waals surface area (Å²) >= 11 is 0. The van der Waals surface area contributed by atoms with E-state index in [1.807, 2.05) is 6.08 Å². The van der Waals surface area contributed by atoms with Crippen molar-refractivity contribution in [1.82, 2.24) is 19.9 Å². The van der Waals surface area contributed by atoms with Crippen molar-refractivity contribution in [3.63, 3.8) is 0 Å². The molecule has 9 heteroatoms. The first kappa shape index (κ1) is 21.0. The van der Waals surface area contributed by atoms with Crippen molar-refractivity contribution >= 4 is 11.6 Å². The van der Waals surface area contributed by atoms with Crippen LogP contribution in [0.2, 0.25) is 0 Å². The van der Waals surface area contributed by atoms with Gasteiger partial charge >= 0.3 is 0 Å². The third-order valence-corrected chi connectivity index (χ3v) is 5.53. The normalized spacial score (nSPS) is 19.7. The van der Waals surface area contributed by atoms with Crippen molar-refractivity contribution in [3.05, 3.63) is 77.0 Å². The molecule has 3 aromatic rings. The molecule has 0 spiro atoms. The molecule has 1 aromatic carbocycles. The Balaban J connectivity index is 1.67. The van der Waals surface area contributed by atoms with E-state index in [0.717, 1.165) is 18.9 Å². The highest BCUT2D eigenvalue weighted by Crippen LogP contribution is 2.35.